The van der Waals surface area contributed by atoms with Gasteiger partial charge in [0, 0.05) is 6.54 Å². The molecule has 1 aliphatic carbocycles. The van der Waals surface area contributed by atoms with E-state index in [1.165, 1.54) is 0 Å². The van der Waals surface area contributed by atoms with Crippen LogP contribution >= 0.6 is 0 Å². The Hall–Kier alpha value is -2.41. The Kier molecular flexibility index (Phi) is 5.11. The summed E-state index contributed by atoms with van der Waals surface area (Å²) in [5.74, 6) is 0.623. The zero-order valence-electron chi connectivity index (χ0n) is 15.4. The first-order chi connectivity index (χ1) is 13.2. The number of carbonyl (C=O) groups excluding carboxylic acids is 2. The molecule has 4 rings (SSSR count). The smallest absolute Gasteiger partial charge is 0.248 e. The van der Waals surface area contributed by atoms with Gasteiger partial charge in [-0.1, -0.05) is 31.4 Å². The minimum atomic E-state index is -0.798. The number of aromatic nitrogens is 2. The fourth-order valence-electron chi connectivity index (χ4n) is 4.66. The molecule has 2 fully saturated rings. The second-order valence-corrected chi connectivity index (χ2v) is 7.66. The van der Waals surface area contributed by atoms with E-state index < -0.39 is 6.04 Å². The van der Waals surface area contributed by atoms with E-state index in [4.69, 9.17) is 0 Å². The summed E-state index contributed by atoms with van der Waals surface area (Å²) in [5, 5.41) is 10.8. The van der Waals surface area contributed by atoms with Crippen molar-refractivity contribution in [3.8, 4) is 0 Å². The minimum absolute atomic E-state index is 0.0124. The highest BCUT2D eigenvalue weighted by Crippen LogP contribution is 2.35. The molecule has 144 valence electrons. The van der Waals surface area contributed by atoms with Crippen LogP contribution in [0.5, 0.6) is 0 Å². The van der Waals surface area contributed by atoms with Crippen LogP contribution in [-0.2, 0) is 9.59 Å². The second-order valence-electron chi connectivity index (χ2n) is 7.66. The number of likely N-dealkylation sites (tertiary alicyclic amines) is 1. The molecule has 2 aliphatic rings. The van der Waals surface area contributed by atoms with Gasteiger partial charge < -0.3 is 9.88 Å². The molecule has 0 bridgehead atoms. The number of benzene rings is 1. The van der Waals surface area contributed by atoms with Gasteiger partial charge in [-0.25, -0.2) is 10.0 Å². The lowest BCUT2D eigenvalue weighted by Gasteiger charge is -2.36. The van der Waals surface area contributed by atoms with Gasteiger partial charge >= 0.3 is 0 Å². The number of hydrogen-bond acceptors (Lipinski definition) is 4. The third-order valence-electron chi connectivity index (χ3n) is 6.00. The summed E-state index contributed by atoms with van der Waals surface area (Å²) in [6.07, 6.45) is 7.03. The first-order valence-electron chi connectivity index (χ1n) is 9.86. The van der Waals surface area contributed by atoms with E-state index >= 15 is 0 Å². The number of rotatable bonds is 5. The second kappa shape index (κ2) is 7.68. The highest BCUT2D eigenvalue weighted by molar-refractivity contribution is 5.84. The summed E-state index contributed by atoms with van der Waals surface area (Å²) in [6.45, 7) is 0.621. The van der Waals surface area contributed by atoms with Crippen LogP contribution in [0.1, 0.15) is 56.8 Å². The molecule has 27 heavy (non-hydrogen) atoms. The monoisotopic (exact) mass is 370 g/mol. The molecule has 2 heterocycles. The lowest BCUT2D eigenvalue weighted by atomic mass is 9.83. The molecule has 2 N–H and O–H groups in total. The fourth-order valence-corrected chi connectivity index (χ4v) is 4.66. The average molecular weight is 370 g/mol. The van der Waals surface area contributed by atoms with Crippen molar-refractivity contribution in [1.82, 2.24) is 19.9 Å². The SMILES string of the molecule is O=CN(O)C(C(=O)N1CCCC1c1nc2ccccc2[nH]1)C1CCCCC1. The number of para-hydroxylation sites is 2. The molecule has 1 saturated carbocycles. The highest BCUT2D eigenvalue weighted by atomic mass is 16.5. The number of H-pyrrole nitrogens is 1. The van der Waals surface area contributed by atoms with E-state index in [0.717, 1.165) is 61.8 Å². The lowest BCUT2D eigenvalue weighted by molar-refractivity contribution is -0.178. The summed E-state index contributed by atoms with van der Waals surface area (Å²) in [7, 11) is 0. The molecule has 1 saturated heterocycles. The molecule has 7 nitrogen and oxygen atoms in total. The summed E-state index contributed by atoms with van der Waals surface area (Å²) in [5.41, 5.74) is 1.83. The normalized spacial score (nSPS) is 22.1. The van der Waals surface area contributed by atoms with Gasteiger partial charge in [-0.05, 0) is 43.7 Å². The molecule has 2 aromatic rings. The first kappa shape index (κ1) is 18.0. The molecule has 2 unspecified atom stereocenters. The topological polar surface area (TPSA) is 89.5 Å². The summed E-state index contributed by atoms with van der Waals surface area (Å²) in [4.78, 5) is 34.4. The average Bonchev–Trinajstić information content (AvgIpc) is 3.35. The van der Waals surface area contributed by atoms with Crippen molar-refractivity contribution in [1.29, 1.82) is 0 Å². The standard InChI is InChI=1S/C20H26N4O3/c25-13-24(27)18(14-7-2-1-3-8-14)20(26)23-12-6-11-17(23)19-21-15-9-4-5-10-16(15)22-19/h4-5,9-10,13-14,17-18,27H,1-3,6-8,11-12H2,(H,21,22). The van der Waals surface area contributed by atoms with Crippen molar-refractivity contribution in [2.45, 2.75) is 57.0 Å². The van der Waals surface area contributed by atoms with E-state index in [1.807, 2.05) is 24.3 Å². The maximum Gasteiger partial charge on any atom is 0.248 e. The fraction of sp³-hybridized carbons (Fsp3) is 0.550. The van der Waals surface area contributed by atoms with Gasteiger partial charge in [-0.3, -0.25) is 14.8 Å². The van der Waals surface area contributed by atoms with Crippen LogP contribution in [0.25, 0.3) is 11.0 Å². The van der Waals surface area contributed by atoms with Crippen molar-refractivity contribution < 1.29 is 14.8 Å². The van der Waals surface area contributed by atoms with E-state index in [2.05, 4.69) is 9.97 Å². The molecule has 1 aromatic carbocycles. The van der Waals surface area contributed by atoms with E-state index in [1.54, 1.807) is 4.90 Å². The predicted octanol–water partition coefficient (Wildman–Crippen LogP) is 3.02. The van der Waals surface area contributed by atoms with Crippen LogP contribution in [0, 0.1) is 5.92 Å². The summed E-state index contributed by atoms with van der Waals surface area (Å²) < 4.78 is 0. The Morgan fingerprint density at radius 2 is 2.00 bits per heavy atom. The maximum absolute atomic E-state index is 13.4. The number of aromatic amines is 1. The minimum Gasteiger partial charge on any atom is -0.340 e. The van der Waals surface area contributed by atoms with Gasteiger partial charge in [0.2, 0.25) is 12.3 Å². The van der Waals surface area contributed by atoms with Gasteiger partial charge in [0.15, 0.2) is 0 Å². The molecule has 1 aliphatic heterocycles. The van der Waals surface area contributed by atoms with Crippen molar-refractivity contribution in [3.05, 3.63) is 30.1 Å². The number of fused-ring (bicyclic) bond motifs is 1. The Morgan fingerprint density at radius 1 is 1.22 bits per heavy atom. The van der Waals surface area contributed by atoms with Crippen LogP contribution in [0.15, 0.2) is 24.3 Å². The van der Waals surface area contributed by atoms with Crippen molar-refractivity contribution in [3.63, 3.8) is 0 Å². The largest absolute Gasteiger partial charge is 0.340 e. The van der Waals surface area contributed by atoms with Crippen LogP contribution in [-0.4, -0.2) is 50.0 Å². The van der Waals surface area contributed by atoms with Crippen molar-refractivity contribution in [2.24, 2.45) is 5.92 Å². The Labute approximate surface area is 158 Å². The van der Waals surface area contributed by atoms with Crippen LogP contribution in [0.3, 0.4) is 0 Å². The predicted molar refractivity (Wildman–Crippen MR) is 99.8 cm³/mol. The molecular formula is C20H26N4O3. The molecule has 2 atom stereocenters. The maximum atomic E-state index is 13.4. The summed E-state index contributed by atoms with van der Waals surface area (Å²) in [6, 6.07) is 6.87. The van der Waals surface area contributed by atoms with Gasteiger partial charge in [-0.2, -0.15) is 0 Å². The molecular weight excluding hydrogens is 344 g/mol. The molecule has 2 amide bonds. The number of carbonyl (C=O) groups is 2. The molecule has 0 spiro atoms. The summed E-state index contributed by atoms with van der Waals surface area (Å²) >= 11 is 0. The van der Waals surface area contributed by atoms with E-state index in [0.29, 0.717) is 18.0 Å². The zero-order valence-corrected chi connectivity index (χ0v) is 15.4. The third-order valence-corrected chi connectivity index (χ3v) is 6.00. The number of nitrogens with one attached hydrogen (secondary N) is 1. The molecule has 1 aromatic heterocycles. The Morgan fingerprint density at radius 3 is 2.74 bits per heavy atom. The zero-order chi connectivity index (χ0) is 18.8. The van der Waals surface area contributed by atoms with Crippen LogP contribution in [0.2, 0.25) is 0 Å². The third kappa shape index (κ3) is 3.43. The van der Waals surface area contributed by atoms with E-state index in [-0.39, 0.29) is 17.9 Å². The van der Waals surface area contributed by atoms with Gasteiger partial charge in [0.05, 0.1) is 17.1 Å². The Balaban J connectivity index is 1.60. The number of imidazole rings is 1. The number of amides is 2. The van der Waals surface area contributed by atoms with Gasteiger partial charge in [0.25, 0.3) is 0 Å². The number of hydroxylamine groups is 2. The Bertz CT molecular complexity index is 781. The van der Waals surface area contributed by atoms with Crippen LogP contribution in [0.4, 0.5) is 0 Å². The quantitative estimate of drug-likeness (QED) is 0.481. The van der Waals surface area contributed by atoms with Crippen molar-refractivity contribution >= 4 is 23.4 Å². The van der Waals surface area contributed by atoms with E-state index in [9.17, 15) is 14.8 Å². The highest BCUT2D eigenvalue weighted by Gasteiger charge is 2.41. The first-order valence-corrected chi connectivity index (χ1v) is 9.86. The molecule has 7 heteroatoms. The van der Waals surface area contributed by atoms with Crippen molar-refractivity contribution in [2.75, 3.05) is 6.54 Å². The number of nitrogens with zero attached hydrogens (tertiary/aromatic N) is 3. The number of hydrogen-bond donors (Lipinski definition) is 2. The lowest BCUT2D eigenvalue weighted by Crippen LogP contribution is -2.51. The van der Waals surface area contributed by atoms with Crippen LogP contribution < -0.4 is 0 Å². The van der Waals surface area contributed by atoms with Gasteiger partial charge in [0.1, 0.15) is 11.9 Å². The molecule has 0 radical (unpaired) electrons. The van der Waals surface area contributed by atoms with Gasteiger partial charge in [-0.15, -0.1) is 0 Å².